The Balaban J connectivity index is 2.63. The summed E-state index contributed by atoms with van der Waals surface area (Å²) in [6.07, 6.45) is -1.83. The van der Waals surface area contributed by atoms with Crippen LogP contribution in [0.5, 0.6) is 0 Å². The lowest BCUT2D eigenvalue weighted by Crippen LogP contribution is -2.18. The van der Waals surface area contributed by atoms with Crippen molar-refractivity contribution in [3.8, 4) is 5.69 Å². The molecule has 0 unspecified atom stereocenters. The van der Waals surface area contributed by atoms with Crippen molar-refractivity contribution in [3.63, 3.8) is 0 Å². The minimum absolute atomic E-state index is 0.109. The van der Waals surface area contributed by atoms with Crippen molar-refractivity contribution in [3.05, 3.63) is 46.7 Å². The second-order valence-corrected chi connectivity index (χ2v) is 4.25. The fraction of sp³-hybridized carbons (Fsp3) is 0.0909. The Morgan fingerprint density at radius 2 is 2.10 bits per heavy atom. The van der Waals surface area contributed by atoms with Crippen molar-refractivity contribution >= 4 is 17.4 Å². The van der Waals surface area contributed by atoms with Gasteiger partial charge in [0, 0.05) is 11.8 Å². The summed E-state index contributed by atoms with van der Waals surface area (Å²) >= 11 is 5.71. The van der Waals surface area contributed by atoms with E-state index in [-0.39, 0.29) is 11.3 Å². The van der Waals surface area contributed by atoms with Crippen LogP contribution < -0.4 is 5.73 Å². The molecule has 2 rings (SSSR count). The Morgan fingerprint density at radius 3 is 2.60 bits per heavy atom. The Labute approximate surface area is 116 Å². The third-order valence-corrected chi connectivity index (χ3v) is 2.70. The molecule has 0 fully saturated rings. The molecule has 0 atom stereocenters. The molecule has 2 aromatic rings. The van der Waals surface area contributed by atoms with E-state index in [1.807, 2.05) is 0 Å². The van der Waals surface area contributed by atoms with Crippen LogP contribution in [0.15, 0.2) is 35.7 Å². The number of amidine groups is 1. The number of benzene rings is 1. The second kappa shape index (κ2) is 5.04. The van der Waals surface area contributed by atoms with Gasteiger partial charge in [0.25, 0.3) is 0 Å². The molecule has 3 N–H and O–H groups in total. The van der Waals surface area contributed by atoms with Crippen LogP contribution in [0, 0.1) is 0 Å². The molecule has 0 spiro atoms. The zero-order valence-corrected chi connectivity index (χ0v) is 10.5. The monoisotopic (exact) mass is 304 g/mol. The summed E-state index contributed by atoms with van der Waals surface area (Å²) in [6.45, 7) is 0. The molecule has 0 aliphatic heterocycles. The van der Waals surface area contributed by atoms with E-state index in [0.29, 0.717) is 5.02 Å². The minimum atomic E-state index is -4.54. The molecule has 5 nitrogen and oxygen atoms in total. The van der Waals surface area contributed by atoms with Gasteiger partial charge in [-0.3, -0.25) is 0 Å². The van der Waals surface area contributed by atoms with Crippen LogP contribution in [-0.2, 0) is 6.18 Å². The van der Waals surface area contributed by atoms with Crippen LogP contribution in [0.25, 0.3) is 5.69 Å². The van der Waals surface area contributed by atoms with Gasteiger partial charge >= 0.3 is 6.18 Å². The van der Waals surface area contributed by atoms with E-state index >= 15 is 0 Å². The molecule has 0 saturated heterocycles. The van der Waals surface area contributed by atoms with Crippen molar-refractivity contribution in [1.82, 2.24) is 9.78 Å². The van der Waals surface area contributed by atoms with Gasteiger partial charge in [0.05, 0.1) is 22.5 Å². The maximum Gasteiger partial charge on any atom is 0.416 e. The summed E-state index contributed by atoms with van der Waals surface area (Å²) in [5.41, 5.74) is 4.59. The molecule has 1 aromatic heterocycles. The number of alkyl halides is 3. The van der Waals surface area contributed by atoms with E-state index in [9.17, 15) is 13.2 Å². The highest BCUT2D eigenvalue weighted by atomic mass is 35.5. The van der Waals surface area contributed by atoms with E-state index in [2.05, 4.69) is 10.3 Å². The maximum absolute atomic E-state index is 12.7. The average Bonchev–Trinajstić information content (AvgIpc) is 2.82. The zero-order chi connectivity index (χ0) is 14.9. The highest BCUT2D eigenvalue weighted by molar-refractivity contribution is 6.30. The van der Waals surface area contributed by atoms with Gasteiger partial charge in [-0.05, 0) is 18.2 Å². The van der Waals surface area contributed by atoms with Gasteiger partial charge in [-0.25, -0.2) is 4.68 Å². The van der Waals surface area contributed by atoms with Gasteiger partial charge in [-0.2, -0.15) is 18.3 Å². The first kappa shape index (κ1) is 14.2. The first-order valence-electron chi connectivity index (χ1n) is 5.22. The summed E-state index contributed by atoms with van der Waals surface area (Å²) in [6, 6.07) is 2.82. The lowest BCUT2D eigenvalue weighted by Gasteiger charge is -2.12. The number of nitrogens with two attached hydrogens (primary N) is 1. The SMILES string of the molecule is N/C(=N\O)c1cc(C(F)(F)F)ccc1-n1cc(Cl)cn1. The van der Waals surface area contributed by atoms with Gasteiger partial charge in [0.1, 0.15) is 0 Å². The van der Waals surface area contributed by atoms with Crippen LogP contribution >= 0.6 is 11.6 Å². The number of oxime groups is 1. The highest BCUT2D eigenvalue weighted by Crippen LogP contribution is 2.31. The molecule has 1 heterocycles. The van der Waals surface area contributed by atoms with E-state index in [1.54, 1.807) is 0 Å². The smallest absolute Gasteiger partial charge is 0.409 e. The van der Waals surface area contributed by atoms with Crippen LogP contribution in [0.3, 0.4) is 0 Å². The van der Waals surface area contributed by atoms with Crippen molar-refractivity contribution in [2.45, 2.75) is 6.18 Å². The number of aromatic nitrogens is 2. The molecule has 20 heavy (non-hydrogen) atoms. The first-order valence-corrected chi connectivity index (χ1v) is 5.60. The summed E-state index contributed by atoms with van der Waals surface area (Å²) in [5.74, 6) is -0.460. The van der Waals surface area contributed by atoms with E-state index in [1.165, 1.54) is 23.1 Å². The number of nitrogens with zero attached hydrogens (tertiary/aromatic N) is 3. The van der Waals surface area contributed by atoms with Crippen molar-refractivity contribution in [1.29, 1.82) is 0 Å². The van der Waals surface area contributed by atoms with Crippen molar-refractivity contribution in [2.75, 3.05) is 0 Å². The van der Waals surface area contributed by atoms with E-state index < -0.39 is 17.6 Å². The molecule has 1 aromatic carbocycles. The van der Waals surface area contributed by atoms with Gasteiger partial charge in [0.2, 0.25) is 0 Å². The molecular formula is C11H8ClF3N4O. The predicted octanol–water partition coefficient (Wildman–Crippen LogP) is 2.64. The lowest BCUT2D eigenvalue weighted by molar-refractivity contribution is -0.137. The number of rotatable bonds is 2. The van der Waals surface area contributed by atoms with Gasteiger partial charge in [-0.1, -0.05) is 16.8 Å². The molecule has 0 saturated carbocycles. The highest BCUT2D eigenvalue weighted by Gasteiger charge is 2.31. The van der Waals surface area contributed by atoms with Crippen LogP contribution in [0.2, 0.25) is 5.02 Å². The normalized spacial score (nSPS) is 12.7. The third-order valence-electron chi connectivity index (χ3n) is 2.51. The summed E-state index contributed by atoms with van der Waals surface area (Å²) in [4.78, 5) is 0. The molecular weight excluding hydrogens is 297 g/mol. The van der Waals surface area contributed by atoms with Crippen LogP contribution in [-0.4, -0.2) is 20.8 Å². The summed E-state index contributed by atoms with van der Waals surface area (Å²) in [7, 11) is 0. The van der Waals surface area contributed by atoms with E-state index in [4.69, 9.17) is 22.5 Å². The number of halogens is 4. The van der Waals surface area contributed by atoms with Crippen molar-refractivity contribution in [2.24, 2.45) is 10.9 Å². The summed E-state index contributed by atoms with van der Waals surface area (Å²) < 4.78 is 39.3. The van der Waals surface area contributed by atoms with Crippen LogP contribution in [0.4, 0.5) is 13.2 Å². The molecule has 106 valence electrons. The van der Waals surface area contributed by atoms with Gasteiger partial charge in [0.15, 0.2) is 5.84 Å². The number of hydrogen-bond acceptors (Lipinski definition) is 3. The Hall–Kier alpha value is -2.22. The second-order valence-electron chi connectivity index (χ2n) is 3.82. The molecule has 0 bridgehead atoms. The average molecular weight is 305 g/mol. The topological polar surface area (TPSA) is 76.4 Å². The van der Waals surface area contributed by atoms with E-state index in [0.717, 1.165) is 12.1 Å². The fourth-order valence-electron chi connectivity index (χ4n) is 1.60. The maximum atomic E-state index is 12.7. The van der Waals surface area contributed by atoms with Crippen molar-refractivity contribution < 1.29 is 18.4 Å². The Morgan fingerprint density at radius 1 is 1.40 bits per heavy atom. The standard InChI is InChI=1S/C11H8ClF3N4O/c12-7-4-17-19(5-7)9-2-1-6(11(13,14)15)3-8(9)10(16)18-20/h1-5,20H,(H2,16,18). The van der Waals surface area contributed by atoms with Gasteiger partial charge < -0.3 is 10.9 Å². The molecule has 0 aliphatic carbocycles. The quantitative estimate of drug-likeness (QED) is 0.387. The Bertz CT molecular complexity index is 666. The van der Waals surface area contributed by atoms with Gasteiger partial charge in [-0.15, -0.1) is 0 Å². The first-order chi connectivity index (χ1) is 9.32. The largest absolute Gasteiger partial charge is 0.416 e. The predicted molar refractivity (Wildman–Crippen MR) is 66.1 cm³/mol. The zero-order valence-electron chi connectivity index (χ0n) is 9.76. The number of hydrogen-bond donors (Lipinski definition) is 2. The van der Waals surface area contributed by atoms with Crippen LogP contribution in [0.1, 0.15) is 11.1 Å². The molecule has 0 aliphatic rings. The summed E-state index contributed by atoms with van der Waals surface area (Å²) in [5, 5.41) is 15.6. The molecule has 0 radical (unpaired) electrons. The molecule has 0 amide bonds. The molecule has 9 heteroatoms. The lowest BCUT2D eigenvalue weighted by atomic mass is 10.1. The fourth-order valence-corrected chi connectivity index (χ4v) is 1.74. The minimum Gasteiger partial charge on any atom is -0.409 e. The third kappa shape index (κ3) is 2.69. The Kier molecular flexibility index (Phi) is 3.58.